The fourth-order valence-electron chi connectivity index (χ4n) is 4.43. The molecule has 1 aliphatic heterocycles. The summed E-state index contributed by atoms with van der Waals surface area (Å²) in [6.07, 6.45) is 3.26. The zero-order valence-electron chi connectivity index (χ0n) is 21.2. The van der Waals surface area contributed by atoms with Gasteiger partial charge >= 0.3 is 0 Å². The van der Waals surface area contributed by atoms with Gasteiger partial charge in [0, 0.05) is 44.2 Å². The molecule has 1 aromatic heterocycles. The molecule has 0 atom stereocenters. The molecular weight excluding hydrogens is 466 g/mol. The number of nitriles is 1. The van der Waals surface area contributed by atoms with Gasteiger partial charge < -0.3 is 20.3 Å². The summed E-state index contributed by atoms with van der Waals surface area (Å²) in [6, 6.07) is 18.7. The lowest BCUT2D eigenvalue weighted by molar-refractivity contribution is 0.0712. The summed E-state index contributed by atoms with van der Waals surface area (Å²) < 4.78 is 5.01. The Morgan fingerprint density at radius 2 is 1.81 bits per heavy atom. The van der Waals surface area contributed by atoms with Crippen molar-refractivity contribution in [1.29, 1.82) is 5.26 Å². The average Bonchev–Trinajstić information content (AvgIpc) is 2.94. The maximum absolute atomic E-state index is 13.2. The summed E-state index contributed by atoms with van der Waals surface area (Å²) in [6.45, 7) is 4.41. The molecule has 0 aliphatic carbocycles. The van der Waals surface area contributed by atoms with Crippen molar-refractivity contribution in [2.45, 2.75) is 25.7 Å². The maximum atomic E-state index is 13.2. The first-order valence-corrected chi connectivity index (χ1v) is 12.4. The number of hydrogen-bond donors (Lipinski definition) is 2. The van der Waals surface area contributed by atoms with Crippen molar-refractivity contribution in [1.82, 2.24) is 9.88 Å². The SMILES string of the molecule is COCCNc1ccc(C(=O)Nc2cc(C(=O)N3CCC(c4ccc(C#N)cc4)CC3)ccc2C)cn1. The number of hydrogen-bond acceptors (Lipinski definition) is 6. The molecule has 190 valence electrons. The molecule has 0 unspecified atom stereocenters. The normalized spacial score (nSPS) is 13.6. The Kier molecular flexibility index (Phi) is 8.49. The molecule has 3 aromatic rings. The van der Waals surface area contributed by atoms with E-state index >= 15 is 0 Å². The molecule has 2 N–H and O–H groups in total. The van der Waals surface area contributed by atoms with Crippen molar-refractivity contribution in [3.8, 4) is 6.07 Å². The highest BCUT2D eigenvalue weighted by Crippen LogP contribution is 2.29. The molecule has 0 spiro atoms. The van der Waals surface area contributed by atoms with Gasteiger partial charge in [0.05, 0.1) is 23.8 Å². The Bertz CT molecular complexity index is 1270. The van der Waals surface area contributed by atoms with Crippen molar-refractivity contribution in [2.24, 2.45) is 0 Å². The van der Waals surface area contributed by atoms with Gasteiger partial charge in [-0.15, -0.1) is 0 Å². The van der Waals surface area contributed by atoms with E-state index < -0.39 is 0 Å². The lowest BCUT2D eigenvalue weighted by Gasteiger charge is -2.32. The van der Waals surface area contributed by atoms with Crippen LogP contribution in [0.15, 0.2) is 60.8 Å². The monoisotopic (exact) mass is 497 g/mol. The van der Waals surface area contributed by atoms with E-state index in [0.29, 0.717) is 60.4 Å². The number of carbonyl (C=O) groups is 2. The Hall–Kier alpha value is -4.22. The van der Waals surface area contributed by atoms with Gasteiger partial charge in [-0.2, -0.15) is 5.26 Å². The van der Waals surface area contributed by atoms with Crippen molar-refractivity contribution < 1.29 is 14.3 Å². The summed E-state index contributed by atoms with van der Waals surface area (Å²) in [7, 11) is 1.63. The number of carbonyl (C=O) groups excluding carboxylic acids is 2. The molecule has 0 radical (unpaired) electrons. The number of benzene rings is 2. The predicted molar refractivity (Wildman–Crippen MR) is 143 cm³/mol. The van der Waals surface area contributed by atoms with E-state index in [1.165, 1.54) is 11.8 Å². The molecule has 4 rings (SSSR count). The zero-order valence-corrected chi connectivity index (χ0v) is 21.2. The number of ether oxygens (including phenoxy) is 1. The van der Waals surface area contributed by atoms with E-state index in [2.05, 4.69) is 21.7 Å². The third-order valence-electron chi connectivity index (χ3n) is 6.66. The first-order valence-electron chi connectivity index (χ1n) is 12.4. The van der Waals surface area contributed by atoms with Gasteiger partial charge in [0.15, 0.2) is 0 Å². The van der Waals surface area contributed by atoms with Crippen molar-refractivity contribution in [3.05, 3.63) is 88.6 Å². The van der Waals surface area contributed by atoms with Crippen LogP contribution in [0.25, 0.3) is 0 Å². The van der Waals surface area contributed by atoms with Crippen LogP contribution in [-0.2, 0) is 4.74 Å². The third kappa shape index (κ3) is 6.51. The highest BCUT2D eigenvalue weighted by atomic mass is 16.5. The van der Waals surface area contributed by atoms with Crippen LogP contribution in [0.3, 0.4) is 0 Å². The molecule has 2 amide bonds. The van der Waals surface area contributed by atoms with Gasteiger partial charge in [-0.25, -0.2) is 4.98 Å². The summed E-state index contributed by atoms with van der Waals surface area (Å²) >= 11 is 0. The van der Waals surface area contributed by atoms with Crippen LogP contribution in [-0.4, -0.2) is 55.0 Å². The van der Waals surface area contributed by atoms with E-state index in [-0.39, 0.29) is 11.8 Å². The van der Waals surface area contributed by atoms with Crippen molar-refractivity contribution >= 4 is 23.3 Å². The van der Waals surface area contributed by atoms with Crippen LogP contribution in [0.4, 0.5) is 11.5 Å². The summed E-state index contributed by atoms with van der Waals surface area (Å²) in [5.41, 5.74) is 4.31. The van der Waals surface area contributed by atoms with E-state index in [1.807, 2.05) is 48.2 Å². The molecule has 37 heavy (non-hydrogen) atoms. The highest BCUT2D eigenvalue weighted by Gasteiger charge is 2.25. The fourth-order valence-corrected chi connectivity index (χ4v) is 4.43. The largest absolute Gasteiger partial charge is 0.383 e. The highest BCUT2D eigenvalue weighted by molar-refractivity contribution is 6.05. The number of piperidine rings is 1. The Morgan fingerprint density at radius 3 is 2.46 bits per heavy atom. The number of anilines is 2. The van der Waals surface area contributed by atoms with Gasteiger partial charge in [-0.1, -0.05) is 18.2 Å². The minimum absolute atomic E-state index is 0.0399. The minimum atomic E-state index is -0.285. The number of nitrogens with one attached hydrogen (secondary N) is 2. The smallest absolute Gasteiger partial charge is 0.257 e. The number of likely N-dealkylation sites (tertiary alicyclic amines) is 1. The zero-order chi connectivity index (χ0) is 26.2. The fraction of sp³-hybridized carbons (Fsp3) is 0.310. The number of rotatable bonds is 8. The second-order valence-electron chi connectivity index (χ2n) is 9.14. The summed E-state index contributed by atoms with van der Waals surface area (Å²) in [4.78, 5) is 32.2. The Morgan fingerprint density at radius 1 is 1.08 bits per heavy atom. The second kappa shape index (κ2) is 12.2. The lowest BCUT2D eigenvalue weighted by Crippen LogP contribution is -2.38. The van der Waals surface area contributed by atoms with E-state index in [4.69, 9.17) is 10.00 Å². The first kappa shape index (κ1) is 25.9. The molecule has 2 aromatic carbocycles. The van der Waals surface area contributed by atoms with Crippen LogP contribution in [0.5, 0.6) is 0 Å². The standard InChI is InChI=1S/C29H31N5O3/c1-20-3-6-24(17-26(20)33-28(35)25-9-10-27(32-19-25)31-13-16-37-2)29(36)34-14-11-23(12-15-34)22-7-4-21(18-30)5-8-22/h3-10,17,19,23H,11-16H2,1-2H3,(H,31,32)(H,33,35). The topological polar surface area (TPSA) is 107 Å². The van der Waals surface area contributed by atoms with Gasteiger partial charge in [-0.3, -0.25) is 9.59 Å². The average molecular weight is 498 g/mol. The molecule has 1 saturated heterocycles. The van der Waals surface area contributed by atoms with Crippen molar-refractivity contribution in [2.75, 3.05) is 44.0 Å². The quantitative estimate of drug-likeness (QED) is 0.441. The van der Waals surface area contributed by atoms with Crippen LogP contribution >= 0.6 is 0 Å². The molecule has 1 aliphatic rings. The van der Waals surface area contributed by atoms with E-state index in [9.17, 15) is 9.59 Å². The number of amides is 2. The third-order valence-corrected chi connectivity index (χ3v) is 6.66. The number of aromatic nitrogens is 1. The van der Waals surface area contributed by atoms with E-state index in [1.54, 1.807) is 25.3 Å². The van der Waals surface area contributed by atoms with Crippen LogP contribution in [0, 0.1) is 18.3 Å². The molecule has 1 fully saturated rings. The van der Waals surface area contributed by atoms with Crippen LogP contribution in [0.1, 0.15) is 56.2 Å². The lowest BCUT2D eigenvalue weighted by atomic mass is 9.89. The molecule has 8 heteroatoms. The Labute approximate surface area is 217 Å². The number of aryl methyl sites for hydroxylation is 1. The number of methoxy groups -OCH3 is 1. The van der Waals surface area contributed by atoms with Gasteiger partial charge in [0.25, 0.3) is 11.8 Å². The first-order chi connectivity index (χ1) is 18.0. The van der Waals surface area contributed by atoms with Gasteiger partial charge in [0.2, 0.25) is 0 Å². The number of nitrogens with zero attached hydrogens (tertiary/aromatic N) is 3. The van der Waals surface area contributed by atoms with Crippen LogP contribution < -0.4 is 10.6 Å². The summed E-state index contributed by atoms with van der Waals surface area (Å²) in [5.74, 6) is 0.717. The molecule has 8 nitrogen and oxygen atoms in total. The van der Waals surface area contributed by atoms with Crippen molar-refractivity contribution in [3.63, 3.8) is 0 Å². The molecule has 0 bridgehead atoms. The van der Waals surface area contributed by atoms with E-state index in [0.717, 1.165) is 18.4 Å². The molecular formula is C29H31N5O3. The van der Waals surface area contributed by atoms with Gasteiger partial charge in [-0.05, 0) is 73.2 Å². The predicted octanol–water partition coefficient (Wildman–Crippen LogP) is 4.59. The second-order valence-corrected chi connectivity index (χ2v) is 9.14. The minimum Gasteiger partial charge on any atom is -0.383 e. The van der Waals surface area contributed by atoms with Gasteiger partial charge in [0.1, 0.15) is 5.82 Å². The molecule has 2 heterocycles. The summed E-state index contributed by atoms with van der Waals surface area (Å²) in [5, 5.41) is 15.0. The Balaban J connectivity index is 1.37. The molecule has 0 saturated carbocycles. The number of pyridine rings is 1. The van der Waals surface area contributed by atoms with Crippen LogP contribution in [0.2, 0.25) is 0 Å². The maximum Gasteiger partial charge on any atom is 0.257 e.